The van der Waals surface area contributed by atoms with E-state index in [2.05, 4.69) is 21.1 Å². The molecule has 7 heteroatoms. The SMILES string of the molecule is N/C(=N/O)c1cc(Br)ccc1OCc1cc(F)ccc1Cl. The first-order chi connectivity index (χ1) is 10.0. The number of oxime groups is 1. The van der Waals surface area contributed by atoms with Crippen molar-refractivity contribution in [3.8, 4) is 5.75 Å². The molecule has 0 aliphatic carbocycles. The minimum Gasteiger partial charge on any atom is -0.488 e. The minimum absolute atomic E-state index is 0.0595. The van der Waals surface area contributed by atoms with Crippen molar-refractivity contribution in [1.29, 1.82) is 0 Å². The van der Waals surface area contributed by atoms with Crippen LogP contribution in [0, 0.1) is 5.82 Å². The smallest absolute Gasteiger partial charge is 0.173 e. The zero-order valence-corrected chi connectivity index (χ0v) is 13.0. The Morgan fingerprint density at radius 3 is 2.81 bits per heavy atom. The Morgan fingerprint density at radius 1 is 1.33 bits per heavy atom. The van der Waals surface area contributed by atoms with Crippen LogP contribution in [0.3, 0.4) is 0 Å². The van der Waals surface area contributed by atoms with E-state index in [0.717, 1.165) is 4.47 Å². The summed E-state index contributed by atoms with van der Waals surface area (Å²) in [4.78, 5) is 0. The third-order valence-electron chi connectivity index (χ3n) is 2.72. The van der Waals surface area contributed by atoms with Crippen LogP contribution in [-0.2, 0) is 6.61 Å². The van der Waals surface area contributed by atoms with Crippen molar-refractivity contribution in [3.63, 3.8) is 0 Å². The van der Waals surface area contributed by atoms with Gasteiger partial charge in [0.25, 0.3) is 0 Å². The summed E-state index contributed by atoms with van der Waals surface area (Å²) in [5, 5.41) is 12.1. The van der Waals surface area contributed by atoms with Crippen molar-refractivity contribution < 1.29 is 14.3 Å². The van der Waals surface area contributed by atoms with Crippen molar-refractivity contribution in [2.45, 2.75) is 6.61 Å². The topological polar surface area (TPSA) is 67.8 Å². The van der Waals surface area contributed by atoms with Gasteiger partial charge in [-0.1, -0.05) is 32.7 Å². The highest BCUT2D eigenvalue weighted by molar-refractivity contribution is 9.10. The number of hydrogen-bond acceptors (Lipinski definition) is 3. The van der Waals surface area contributed by atoms with Crippen LogP contribution in [0.25, 0.3) is 0 Å². The van der Waals surface area contributed by atoms with Crippen LogP contribution in [0.15, 0.2) is 46.0 Å². The first kappa shape index (κ1) is 15.6. The van der Waals surface area contributed by atoms with Crippen LogP contribution in [0.4, 0.5) is 4.39 Å². The molecule has 3 N–H and O–H groups in total. The average Bonchev–Trinajstić information content (AvgIpc) is 2.48. The Bertz CT molecular complexity index is 695. The lowest BCUT2D eigenvalue weighted by atomic mass is 10.2. The van der Waals surface area contributed by atoms with E-state index in [9.17, 15) is 4.39 Å². The molecule has 21 heavy (non-hydrogen) atoms. The van der Waals surface area contributed by atoms with E-state index < -0.39 is 5.82 Å². The van der Waals surface area contributed by atoms with Crippen LogP contribution in [0.5, 0.6) is 5.75 Å². The van der Waals surface area contributed by atoms with Gasteiger partial charge in [0.1, 0.15) is 18.2 Å². The molecule has 2 aromatic carbocycles. The lowest BCUT2D eigenvalue weighted by Crippen LogP contribution is -2.15. The molecule has 0 saturated carbocycles. The van der Waals surface area contributed by atoms with Gasteiger partial charge < -0.3 is 15.7 Å². The Labute approximate surface area is 134 Å². The van der Waals surface area contributed by atoms with E-state index in [-0.39, 0.29) is 12.4 Å². The highest BCUT2D eigenvalue weighted by atomic mass is 79.9. The van der Waals surface area contributed by atoms with Crippen molar-refractivity contribution in [3.05, 3.63) is 62.8 Å². The summed E-state index contributed by atoms with van der Waals surface area (Å²) < 4.78 is 19.5. The molecule has 0 heterocycles. The van der Waals surface area contributed by atoms with Crippen molar-refractivity contribution in [2.24, 2.45) is 10.9 Å². The number of nitrogens with two attached hydrogens (primary N) is 1. The molecular weight excluding hydrogens is 363 g/mol. The van der Waals surface area contributed by atoms with Gasteiger partial charge in [-0.3, -0.25) is 0 Å². The molecule has 0 aromatic heterocycles. The molecule has 0 saturated heterocycles. The molecule has 110 valence electrons. The lowest BCUT2D eigenvalue weighted by Gasteiger charge is -2.12. The summed E-state index contributed by atoms with van der Waals surface area (Å²) in [6.07, 6.45) is 0. The summed E-state index contributed by atoms with van der Waals surface area (Å²) >= 11 is 9.27. The van der Waals surface area contributed by atoms with E-state index in [1.54, 1.807) is 18.2 Å². The van der Waals surface area contributed by atoms with Crippen molar-refractivity contribution in [1.82, 2.24) is 0 Å². The number of rotatable bonds is 4. The maximum Gasteiger partial charge on any atom is 0.173 e. The maximum atomic E-state index is 13.2. The van der Waals surface area contributed by atoms with Gasteiger partial charge in [0.05, 0.1) is 5.56 Å². The predicted octanol–water partition coefficient (Wildman–Crippen LogP) is 3.92. The molecule has 4 nitrogen and oxygen atoms in total. The van der Waals surface area contributed by atoms with Gasteiger partial charge in [0.15, 0.2) is 5.84 Å². The summed E-state index contributed by atoms with van der Waals surface area (Å²) in [6.45, 7) is 0.0595. The first-order valence-corrected chi connectivity index (χ1v) is 7.02. The van der Waals surface area contributed by atoms with E-state index in [4.69, 9.17) is 27.3 Å². The van der Waals surface area contributed by atoms with Crippen LogP contribution in [-0.4, -0.2) is 11.0 Å². The molecular formula is C14H11BrClFN2O2. The highest BCUT2D eigenvalue weighted by Gasteiger charge is 2.11. The van der Waals surface area contributed by atoms with Gasteiger partial charge in [-0.25, -0.2) is 4.39 Å². The molecule has 0 bridgehead atoms. The van der Waals surface area contributed by atoms with Crippen LogP contribution < -0.4 is 10.5 Å². The summed E-state index contributed by atoms with van der Waals surface area (Å²) in [6, 6.07) is 9.08. The Balaban J connectivity index is 2.26. The number of hydrogen-bond donors (Lipinski definition) is 2. The molecule has 0 unspecified atom stereocenters. The molecule has 2 aromatic rings. The number of amidine groups is 1. The largest absolute Gasteiger partial charge is 0.488 e. The summed E-state index contributed by atoms with van der Waals surface area (Å²) in [7, 11) is 0. The normalized spacial score (nSPS) is 11.5. The number of benzene rings is 2. The number of halogens is 3. The Hall–Kier alpha value is -1.79. The van der Waals surface area contributed by atoms with E-state index in [1.165, 1.54) is 18.2 Å². The van der Waals surface area contributed by atoms with Gasteiger partial charge in [0, 0.05) is 15.1 Å². The fourth-order valence-electron chi connectivity index (χ4n) is 1.69. The highest BCUT2D eigenvalue weighted by Crippen LogP contribution is 2.25. The fourth-order valence-corrected chi connectivity index (χ4v) is 2.22. The van der Waals surface area contributed by atoms with E-state index >= 15 is 0 Å². The van der Waals surface area contributed by atoms with Crippen LogP contribution in [0.1, 0.15) is 11.1 Å². The van der Waals surface area contributed by atoms with E-state index in [1.807, 2.05) is 0 Å². The molecule has 0 aliphatic heterocycles. The van der Waals surface area contributed by atoms with Crippen LogP contribution in [0.2, 0.25) is 5.02 Å². The molecule has 2 rings (SSSR count). The molecule has 0 radical (unpaired) electrons. The minimum atomic E-state index is -0.398. The summed E-state index contributed by atoms with van der Waals surface area (Å²) in [5.41, 5.74) is 6.52. The maximum absolute atomic E-state index is 13.2. The van der Waals surface area contributed by atoms with Gasteiger partial charge in [-0.15, -0.1) is 0 Å². The monoisotopic (exact) mass is 372 g/mol. The molecule has 0 fully saturated rings. The third-order valence-corrected chi connectivity index (χ3v) is 3.58. The van der Waals surface area contributed by atoms with Gasteiger partial charge in [0.2, 0.25) is 0 Å². The average molecular weight is 374 g/mol. The van der Waals surface area contributed by atoms with E-state index in [0.29, 0.717) is 21.9 Å². The van der Waals surface area contributed by atoms with Crippen molar-refractivity contribution in [2.75, 3.05) is 0 Å². The second-order valence-electron chi connectivity index (χ2n) is 4.15. The number of nitrogens with zero attached hydrogens (tertiary/aromatic N) is 1. The summed E-state index contributed by atoms with van der Waals surface area (Å²) in [5.74, 6) is -0.0871. The second kappa shape index (κ2) is 6.78. The third kappa shape index (κ3) is 3.86. The lowest BCUT2D eigenvalue weighted by molar-refractivity contribution is 0.302. The number of ether oxygens (including phenoxy) is 1. The molecule has 0 aliphatic rings. The first-order valence-electron chi connectivity index (χ1n) is 5.85. The zero-order chi connectivity index (χ0) is 15.4. The van der Waals surface area contributed by atoms with Gasteiger partial charge >= 0.3 is 0 Å². The van der Waals surface area contributed by atoms with Gasteiger partial charge in [-0.05, 0) is 36.4 Å². The van der Waals surface area contributed by atoms with Crippen LogP contribution >= 0.6 is 27.5 Å². The Kier molecular flexibility index (Phi) is 5.03. The Morgan fingerprint density at radius 2 is 2.10 bits per heavy atom. The second-order valence-corrected chi connectivity index (χ2v) is 5.47. The molecule has 0 atom stereocenters. The quantitative estimate of drug-likeness (QED) is 0.369. The van der Waals surface area contributed by atoms with Gasteiger partial charge in [-0.2, -0.15) is 0 Å². The predicted molar refractivity (Wildman–Crippen MR) is 82.4 cm³/mol. The fraction of sp³-hybridized carbons (Fsp3) is 0.0714. The van der Waals surface area contributed by atoms with Crippen molar-refractivity contribution >= 4 is 33.4 Å². The molecule has 0 amide bonds. The molecule has 0 spiro atoms. The standard InChI is InChI=1S/C14H11BrClFN2O2/c15-9-1-4-13(11(6-9)14(18)19-20)21-7-8-5-10(17)2-3-12(8)16/h1-6,20H,7H2,(H2,18,19). The zero-order valence-electron chi connectivity index (χ0n) is 10.7.